The van der Waals surface area contributed by atoms with Crippen molar-refractivity contribution in [1.82, 2.24) is 24.7 Å². The van der Waals surface area contributed by atoms with Gasteiger partial charge in [-0.25, -0.2) is 9.37 Å². The lowest BCUT2D eigenvalue weighted by Gasteiger charge is -2.46. The number of hydrogen-bond acceptors (Lipinski definition) is 4. The Kier molecular flexibility index (Phi) is 9.45. The predicted octanol–water partition coefficient (Wildman–Crippen LogP) is 6.94. The van der Waals surface area contributed by atoms with E-state index in [1.165, 1.54) is 24.4 Å². The first kappa shape index (κ1) is 33.2. The zero-order valence-corrected chi connectivity index (χ0v) is 28.8. The number of fused-ring (bicyclic) bond motifs is 3. The molecule has 1 N–H and O–H groups in total. The summed E-state index contributed by atoms with van der Waals surface area (Å²) in [5.74, 6) is 0.151. The molecule has 3 aliphatic heterocycles. The Labute approximate surface area is 281 Å². The van der Waals surface area contributed by atoms with Crippen LogP contribution in [-0.2, 0) is 15.0 Å². The number of aryl methyl sites for hydroxylation is 1. The lowest BCUT2D eigenvalue weighted by molar-refractivity contribution is -0.140. The number of imidazole rings is 1. The summed E-state index contributed by atoms with van der Waals surface area (Å²) in [5.41, 5.74) is 2.52. The minimum Gasteiger partial charge on any atom is -0.341 e. The minimum absolute atomic E-state index is 0.134. The van der Waals surface area contributed by atoms with Gasteiger partial charge in [0.05, 0.1) is 11.0 Å². The molecule has 0 unspecified atom stereocenters. The van der Waals surface area contributed by atoms with Crippen LogP contribution in [-0.4, -0.2) is 73.8 Å². The van der Waals surface area contributed by atoms with Crippen LogP contribution >= 0.6 is 23.2 Å². The molecule has 2 amide bonds. The first-order chi connectivity index (χ1) is 21.9. The highest BCUT2D eigenvalue weighted by molar-refractivity contribution is 6.53. The number of aromatic nitrogens is 2. The molecule has 2 aromatic carbocycles. The number of rotatable bonds is 8. The first-order valence-corrected chi connectivity index (χ1v) is 17.6. The molecule has 4 heterocycles. The Morgan fingerprint density at radius 3 is 2.33 bits per heavy atom. The maximum absolute atomic E-state index is 14.6. The molecule has 1 aromatic heterocycles. The van der Waals surface area contributed by atoms with Gasteiger partial charge in [0.1, 0.15) is 17.7 Å². The van der Waals surface area contributed by atoms with Crippen molar-refractivity contribution in [2.24, 2.45) is 5.41 Å². The Bertz CT molecular complexity index is 1560. The van der Waals surface area contributed by atoms with Crippen molar-refractivity contribution in [3.63, 3.8) is 0 Å². The molecule has 0 radical (unpaired) electrons. The molecular weight excluding hydrogens is 624 g/mol. The van der Waals surface area contributed by atoms with Crippen LogP contribution in [0.25, 0.3) is 11.0 Å². The lowest BCUT2D eigenvalue weighted by atomic mass is 9.70. The second-order valence-electron chi connectivity index (χ2n) is 14.7. The van der Waals surface area contributed by atoms with E-state index in [0.717, 1.165) is 55.6 Å². The predicted molar refractivity (Wildman–Crippen MR) is 182 cm³/mol. The van der Waals surface area contributed by atoms with E-state index in [9.17, 15) is 14.0 Å². The number of benzene rings is 2. The topological polar surface area (TPSA) is 70.5 Å². The van der Waals surface area contributed by atoms with Gasteiger partial charge in [0, 0.05) is 31.2 Å². The van der Waals surface area contributed by atoms with Crippen molar-refractivity contribution in [1.29, 1.82) is 0 Å². The summed E-state index contributed by atoms with van der Waals surface area (Å²) in [4.78, 5) is 34.3. The van der Waals surface area contributed by atoms with Crippen molar-refractivity contribution < 1.29 is 14.0 Å². The van der Waals surface area contributed by atoms with Crippen molar-refractivity contribution in [2.45, 2.75) is 107 Å². The highest BCUT2D eigenvalue weighted by Crippen LogP contribution is 2.45. The average molecular weight is 671 g/mol. The summed E-state index contributed by atoms with van der Waals surface area (Å²) in [7, 11) is 0. The number of alkyl halides is 2. The van der Waals surface area contributed by atoms with E-state index < -0.39 is 22.2 Å². The van der Waals surface area contributed by atoms with Crippen molar-refractivity contribution in [2.75, 3.05) is 19.6 Å². The molecule has 7 nitrogen and oxygen atoms in total. The van der Waals surface area contributed by atoms with Crippen LogP contribution in [0, 0.1) is 18.2 Å². The van der Waals surface area contributed by atoms with Crippen LogP contribution in [0.15, 0.2) is 48.5 Å². The maximum atomic E-state index is 14.6. The number of amides is 2. The van der Waals surface area contributed by atoms with E-state index in [0.29, 0.717) is 31.2 Å². The highest BCUT2D eigenvalue weighted by atomic mass is 35.5. The molecule has 248 valence electrons. The molecule has 3 fully saturated rings. The largest absolute Gasteiger partial charge is 0.341 e. The number of piperidine rings is 2. The van der Waals surface area contributed by atoms with Gasteiger partial charge >= 0.3 is 0 Å². The fraction of sp³-hybridized carbons (Fsp3) is 0.583. The fourth-order valence-corrected chi connectivity index (χ4v) is 8.61. The van der Waals surface area contributed by atoms with Crippen molar-refractivity contribution in [3.8, 4) is 0 Å². The standard InChI is InChI=1S/C36H46Cl2FN5O2/c1-23-40-29-10-5-6-11-30(29)44(23)28-21-26-12-13-27(22-28)43(26)19-16-36(24-8-7-9-25(39)20-24)14-17-42(18-15-36)34(46)31(35(2,3)4)41-33(45)32(37)38/h5-11,20,26-28,31-32H,12-19,21-22H2,1-4H3,(H,41,45)/t26-,27+,28+,31-/m1/s1. The van der Waals surface area contributed by atoms with E-state index in [2.05, 4.69) is 46.0 Å². The van der Waals surface area contributed by atoms with Gasteiger partial charge in [0.15, 0.2) is 4.84 Å². The van der Waals surface area contributed by atoms with Gasteiger partial charge in [-0.15, -0.1) is 0 Å². The van der Waals surface area contributed by atoms with Gasteiger partial charge in [0.25, 0.3) is 5.91 Å². The Balaban J connectivity index is 1.17. The van der Waals surface area contributed by atoms with Crippen LogP contribution in [0.2, 0.25) is 0 Å². The Morgan fingerprint density at radius 1 is 1.02 bits per heavy atom. The third-order valence-electron chi connectivity index (χ3n) is 10.9. The zero-order valence-electron chi connectivity index (χ0n) is 27.3. The lowest BCUT2D eigenvalue weighted by Crippen LogP contribution is -2.58. The smallest absolute Gasteiger partial charge is 0.253 e. The second-order valence-corrected chi connectivity index (χ2v) is 15.8. The molecule has 0 saturated carbocycles. The molecule has 3 aliphatic rings. The zero-order chi connectivity index (χ0) is 32.8. The molecule has 3 saturated heterocycles. The van der Waals surface area contributed by atoms with Crippen molar-refractivity contribution >= 4 is 46.0 Å². The summed E-state index contributed by atoms with van der Waals surface area (Å²) in [6, 6.07) is 16.2. The van der Waals surface area contributed by atoms with E-state index in [1.807, 2.05) is 31.7 Å². The molecule has 0 aliphatic carbocycles. The fourth-order valence-electron chi connectivity index (χ4n) is 8.48. The van der Waals surface area contributed by atoms with Crippen LogP contribution in [0.3, 0.4) is 0 Å². The molecule has 3 aromatic rings. The molecule has 46 heavy (non-hydrogen) atoms. The SMILES string of the molecule is Cc1nc2ccccc2n1[C@H]1C[C@H]2CC[C@@H](C1)N2CCC1(c2cccc(F)c2)CCN(C(=O)[C@@H](NC(=O)C(Cl)Cl)C(C)(C)C)CC1. The van der Waals surface area contributed by atoms with Gasteiger partial charge < -0.3 is 14.8 Å². The number of nitrogens with zero attached hydrogens (tertiary/aromatic N) is 4. The molecule has 10 heteroatoms. The normalized spacial score (nSPS) is 24.0. The summed E-state index contributed by atoms with van der Waals surface area (Å²) in [6.45, 7) is 9.89. The third kappa shape index (κ3) is 6.54. The van der Waals surface area contributed by atoms with Crippen molar-refractivity contribution in [3.05, 3.63) is 65.7 Å². The summed E-state index contributed by atoms with van der Waals surface area (Å²) < 4.78 is 17.1. The van der Waals surface area contributed by atoms with E-state index in [1.54, 1.807) is 12.1 Å². The number of carbonyl (C=O) groups is 2. The number of hydrogen-bond donors (Lipinski definition) is 1. The van der Waals surface area contributed by atoms with Gasteiger partial charge in [0.2, 0.25) is 5.91 Å². The number of likely N-dealkylation sites (tertiary alicyclic amines) is 1. The summed E-state index contributed by atoms with van der Waals surface area (Å²) in [5, 5.41) is 2.77. The van der Waals surface area contributed by atoms with Crippen LogP contribution in [0.4, 0.5) is 4.39 Å². The first-order valence-electron chi connectivity index (χ1n) is 16.7. The minimum atomic E-state index is -1.25. The maximum Gasteiger partial charge on any atom is 0.253 e. The van der Waals surface area contributed by atoms with Gasteiger partial charge in [-0.1, -0.05) is 68.2 Å². The van der Waals surface area contributed by atoms with E-state index in [-0.39, 0.29) is 17.1 Å². The molecule has 4 atom stereocenters. The van der Waals surface area contributed by atoms with Gasteiger partial charge in [-0.2, -0.15) is 0 Å². The van der Waals surface area contributed by atoms with E-state index >= 15 is 0 Å². The summed E-state index contributed by atoms with van der Waals surface area (Å²) in [6.07, 6.45) is 6.99. The monoisotopic (exact) mass is 669 g/mol. The summed E-state index contributed by atoms with van der Waals surface area (Å²) >= 11 is 11.6. The van der Waals surface area contributed by atoms with Crippen LogP contribution < -0.4 is 5.32 Å². The average Bonchev–Trinajstić information content (AvgIpc) is 3.48. The second kappa shape index (κ2) is 13.1. The Morgan fingerprint density at radius 2 is 1.70 bits per heavy atom. The molecule has 6 rings (SSSR count). The number of para-hydroxylation sites is 2. The Hall–Kier alpha value is -2.68. The highest BCUT2D eigenvalue weighted by Gasteiger charge is 2.45. The van der Waals surface area contributed by atoms with E-state index in [4.69, 9.17) is 28.2 Å². The number of halogens is 3. The third-order valence-corrected chi connectivity index (χ3v) is 11.3. The van der Waals surface area contributed by atoms with Gasteiger partial charge in [-0.05, 0) is 99.1 Å². The number of carbonyl (C=O) groups excluding carboxylic acids is 2. The molecular formula is C36H46Cl2FN5O2. The van der Waals surface area contributed by atoms with Gasteiger partial charge in [-0.3, -0.25) is 14.5 Å². The van der Waals surface area contributed by atoms with Crippen LogP contribution in [0.1, 0.15) is 83.1 Å². The van der Waals surface area contributed by atoms with Crippen LogP contribution in [0.5, 0.6) is 0 Å². The molecule has 2 bridgehead atoms. The number of nitrogens with one attached hydrogen (secondary N) is 1. The molecule has 0 spiro atoms. The quantitative estimate of drug-likeness (QED) is 0.264.